The maximum Gasteiger partial charge on any atom is 0.342 e. The molecule has 0 bridgehead atoms. The van der Waals surface area contributed by atoms with Gasteiger partial charge in [-0.25, -0.2) is 4.79 Å². The van der Waals surface area contributed by atoms with E-state index in [1.165, 1.54) is 0 Å². The van der Waals surface area contributed by atoms with Crippen LogP contribution in [0.15, 0.2) is 42.5 Å². The zero-order valence-corrected chi connectivity index (χ0v) is 11.6. The molecule has 0 spiro atoms. The fraction of sp³-hybridized carbons (Fsp3) is 0.188. The van der Waals surface area contributed by atoms with Crippen LogP contribution in [-0.2, 0) is 4.74 Å². The summed E-state index contributed by atoms with van der Waals surface area (Å²) in [5.41, 5.74) is 7.67. The first kappa shape index (κ1) is 13.9. The lowest BCUT2D eigenvalue weighted by atomic mass is 10.1. The van der Waals surface area contributed by atoms with Crippen molar-refractivity contribution >= 4 is 11.7 Å². The summed E-state index contributed by atoms with van der Waals surface area (Å²) in [6.45, 7) is 4.05. The number of hydrogen-bond acceptors (Lipinski definition) is 4. The van der Waals surface area contributed by atoms with Crippen LogP contribution in [0.2, 0.25) is 0 Å². The minimum absolute atomic E-state index is 0.303. The van der Waals surface area contributed by atoms with Crippen molar-refractivity contribution in [3.05, 3.63) is 53.6 Å². The molecule has 0 aliphatic rings. The third-order valence-corrected chi connectivity index (χ3v) is 2.75. The first-order valence-corrected chi connectivity index (χ1v) is 6.41. The van der Waals surface area contributed by atoms with Gasteiger partial charge in [0.2, 0.25) is 0 Å². The smallest absolute Gasteiger partial charge is 0.342 e. The molecular weight excluding hydrogens is 254 g/mol. The molecule has 0 atom stereocenters. The number of nitrogens with two attached hydrogens (primary N) is 1. The number of carbonyl (C=O) groups excluding carboxylic acids is 1. The summed E-state index contributed by atoms with van der Waals surface area (Å²) in [6.07, 6.45) is 0. The maximum absolute atomic E-state index is 11.9. The van der Waals surface area contributed by atoms with E-state index in [1.54, 1.807) is 25.1 Å². The summed E-state index contributed by atoms with van der Waals surface area (Å²) in [7, 11) is 0. The van der Waals surface area contributed by atoms with Crippen molar-refractivity contribution in [2.45, 2.75) is 13.8 Å². The maximum atomic E-state index is 11.9. The Labute approximate surface area is 118 Å². The van der Waals surface area contributed by atoms with Gasteiger partial charge in [-0.05, 0) is 44.2 Å². The van der Waals surface area contributed by atoms with E-state index in [0.717, 1.165) is 5.56 Å². The zero-order chi connectivity index (χ0) is 14.5. The van der Waals surface area contributed by atoms with Gasteiger partial charge >= 0.3 is 5.97 Å². The van der Waals surface area contributed by atoms with E-state index in [9.17, 15) is 4.79 Å². The molecule has 2 aromatic rings. The van der Waals surface area contributed by atoms with E-state index in [-0.39, 0.29) is 0 Å². The fourth-order valence-corrected chi connectivity index (χ4v) is 1.74. The summed E-state index contributed by atoms with van der Waals surface area (Å²) in [4.78, 5) is 11.9. The summed E-state index contributed by atoms with van der Waals surface area (Å²) in [5, 5.41) is 0. The molecule has 2 N–H and O–H groups in total. The minimum atomic E-state index is -0.443. The second-order valence-electron chi connectivity index (χ2n) is 4.39. The van der Waals surface area contributed by atoms with Crippen molar-refractivity contribution in [3.63, 3.8) is 0 Å². The van der Waals surface area contributed by atoms with E-state index in [2.05, 4.69) is 0 Å². The Bertz CT molecular complexity index is 606. The van der Waals surface area contributed by atoms with E-state index >= 15 is 0 Å². The van der Waals surface area contributed by atoms with E-state index in [1.807, 2.05) is 31.2 Å². The zero-order valence-electron chi connectivity index (χ0n) is 11.6. The van der Waals surface area contributed by atoms with Crippen LogP contribution < -0.4 is 10.5 Å². The lowest BCUT2D eigenvalue weighted by molar-refractivity contribution is 0.0523. The molecule has 2 aromatic carbocycles. The average Bonchev–Trinajstić information content (AvgIpc) is 2.43. The Kier molecular flexibility index (Phi) is 4.25. The normalized spacial score (nSPS) is 10.1. The van der Waals surface area contributed by atoms with Crippen LogP contribution >= 0.6 is 0 Å². The standard InChI is InChI=1S/C16H17NO3/c1-3-19-16(18)14-10-12(17)6-9-15(14)20-13-7-4-11(2)5-8-13/h4-10H,3,17H2,1-2H3. The number of anilines is 1. The highest BCUT2D eigenvalue weighted by Gasteiger charge is 2.15. The number of benzene rings is 2. The summed E-state index contributed by atoms with van der Waals surface area (Å²) < 4.78 is 10.7. The molecule has 0 saturated carbocycles. The molecule has 20 heavy (non-hydrogen) atoms. The number of aryl methyl sites for hydroxylation is 1. The van der Waals surface area contributed by atoms with E-state index in [4.69, 9.17) is 15.2 Å². The second-order valence-corrected chi connectivity index (χ2v) is 4.39. The van der Waals surface area contributed by atoms with Gasteiger partial charge in [0.15, 0.2) is 0 Å². The van der Waals surface area contributed by atoms with Crippen LogP contribution in [0.3, 0.4) is 0 Å². The lowest BCUT2D eigenvalue weighted by Crippen LogP contribution is -2.07. The van der Waals surface area contributed by atoms with Gasteiger partial charge in [-0.3, -0.25) is 0 Å². The van der Waals surface area contributed by atoms with Crippen molar-refractivity contribution in [3.8, 4) is 11.5 Å². The highest BCUT2D eigenvalue weighted by molar-refractivity contribution is 5.93. The number of hydrogen-bond donors (Lipinski definition) is 1. The molecule has 4 heteroatoms. The Hall–Kier alpha value is -2.49. The summed E-state index contributed by atoms with van der Waals surface area (Å²) in [5.74, 6) is 0.648. The molecule has 0 amide bonds. The Morgan fingerprint density at radius 2 is 1.85 bits per heavy atom. The molecule has 2 rings (SSSR count). The first-order valence-electron chi connectivity index (χ1n) is 6.41. The van der Waals surface area contributed by atoms with Gasteiger partial charge < -0.3 is 15.2 Å². The van der Waals surface area contributed by atoms with Gasteiger partial charge in [-0.2, -0.15) is 0 Å². The van der Waals surface area contributed by atoms with Gasteiger partial charge in [0.05, 0.1) is 6.61 Å². The molecule has 0 unspecified atom stereocenters. The third kappa shape index (κ3) is 3.29. The van der Waals surface area contributed by atoms with Gasteiger partial charge in [0.25, 0.3) is 0 Å². The Morgan fingerprint density at radius 3 is 2.50 bits per heavy atom. The van der Waals surface area contributed by atoms with Crippen LogP contribution in [0.4, 0.5) is 5.69 Å². The molecule has 0 saturated heterocycles. The molecule has 0 radical (unpaired) electrons. The topological polar surface area (TPSA) is 61.5 Å². The fourth-order valence-electron chi connectivity index (χ4n) is 1.74. The van der Waals surface area contributed by atoms with E-state index < -0.39 is 5.97 Å². The van der Waals surface area contributed by atoms with Crippen LogP contribution in [-0.4, -0.2) is 12.6 Å². The lowest BCUT2D eigenvalue weighted by Gasteiger charge is -2.11. The number of carbonyl (C=O) groups is 1. The first-order chi connectivity index (χ1) is 9.60. The number of ether oxygens (including phenoxy) is 2. The van der Waals surface area contributed by atoms with Gasteiger partial charge in [0.1, 0.15) is 17.1 Å². The minimum Gasteiger partial charge on any atom is -0.462 e. The van der Waals surface area contributed by atoms with Crippen LogP contribution in [0, 0.1) is 6.92 Å². The molecule has 4 nitrogen and oxygen atoms in total. The molecule has 0 fully saturated rings. The Balaban J connectivity index is 2.31. The van der Waals surface area contributed by atoms with Crippen LogP contribution in [0.1, 0.15) is 22.8 Å². The molecule has 0 aliphatic heterocycles. The molecular formula is C16H17NO3. The predicted molar refractivity (Wildman–Crippen MR) is 78.1 cm³/mol. The predicted octanol–water partition coefficient (Wildman–Crippen LogP) is 3.55. The monoisotopic (exact) mass is 271 g/mol. The number of nitrogen functional groups attached to an aromatic ring is 1. The summed E-state index contributed by atoms with van der Waals surface area (Å²) in [6, 6.07) is 12.5. The van der Waals surface area contributed by atoms with Crippen LogP contribution in [0.25, 0.3) is 0 Å². The number of esters is 1. The van der Waals surface area contributed by atoms with E-state index in [0.29, 0.717) is 29.4 Å². The van der Waals surface area contributed by atoms with Crippen molar-refractivity contribution < 1.29 is 14.3 Å². The Morgan fingerprint density at radius 1 is 1.15 bits per heavy atom. The molecule has 0 aromatic heterocycles. The van der Waals surface area contributed by atoms with Crippen molar-refractivity contribution in [1.29, 1.82) is 0 Å². The average molecular weight is 271 g/mol. The van der Waals surface area contributed by atoms with Crippen molar-refractivity contribution in [2.75, 3.05) is 12.3 Å². The highest BCUT2D eigenvalue weighted by atomic mass is 16.5. The molecule has 104 valence electrons. The molecule has 0 aliphatic carbocycles. The quantitative estimate of drug-likeness (QED) is 0.682. The van der Waals surface area contributed by atoms with Gasteiger partial charge in [0, 0.05) is 5.69 Å². The summed E-state index contributed by atoms with van der Waals surface area (Å²) >= 11 is 0. The second kappa shape index (κ2) is 6.10. The van der Waals surface area contributed by atoms with Gasteiger partial charge in [-0.1, -0.05) is 17.7 Å². The van der Waals surface area contributed by atoms with Crippen molar-refractivity contribution in [2.24, 2.45) is 0 Å². The van der Waals surface area contributed by atoms with Gasteiger partial charge in [-0.15, -0.1) is 0 Å². The largest absolute Gasteiger partial charge is 0.462 e. The molecule has 0 heterocycles. The number of rotatable bonds is 4. The highest BCUT2D eigenvalue weighted by Crippen LogP contribution is 2.28. The van der Waals surface area contributed by atoms with Crippen molar-refractivity contribution in [1.82, 2.24) is 0 Å². The van der Waals surface area contributed by atoms with Crippen LogP contribution in [0.5, 0.6) is 11.5 Å². The SMILES string of the molecule is CCOC(=O)c1cc(N)ccc1Oc1ccc(C)cc1. The third-order valence-electron chi connectivity index (χ3n) is 2.75.